The number of H-pyrrole nitrogens is 2. The van der Waals surface area contributed by atoms with Crippen LogP contribution in [0.3, 0.4) is 0 Å². The molecule has 2 aromatic heterocycles. The van der Waals surface area contributed by atoms with Crippen molar-refractivity contribution in [2.75, 3.05) is 5.73 Å². The smallest absolute Gasteiger partial charge is 0.251 e. The van der Waals surface area contributed by atoms with Gasteiger partial charge in [-0.15, -0.1) is 0 Å². The van der Waals surface area contributed by atoms with Crippen LogP contribution < -0.4 is 11.1 Å². The van der Waals surface area contributed by atoms with Crippen molar-refractivity contribution in [1.82, 2.24) is 20.5 Å². The number of nitrogen functional groups attached to an aromatic ring is 1. The van der Waals surface area contributed by atoms with Crippen molar-refractivity contribution < 1.29 is 4.79 Å². The first-order valence-electron chi connectivity index (χ1n) is 5.87. The molecule has 0 aliphatic rings. The fraction of sp³-hybridized carbons (Fsp3) is 0.0769. The molecular formula is C13H13N5O. The predicted molar refractivity (Wildman–Crippen MR) is 72.5 cm³/mol. The minimum atomic E-state index is -0.135. The highest BCUT2D eigenvalue weighted by Gasteiger charge is 2.08. The fourth-order valence-corrected chi connectivity index (χ4v) is 1.93. The van der Waals surface area contributed by atoms with Crippen LogP contribution in [-0.2, 0) is 6.54 Å². The summed E-state index contributed by atoms with van der Waals surface area (Å²) in [5.74, 6) is 0.338. The number of nitrogens with two attached hydrogens (primary N) is 1. The van der Waals surface area contributed by atoms with Crippen LogP contribution in [0.15, 0.2) is 36.7 Å². The van der Waals surface area contributed by atoms with Gasteiger partial charge in [-0.2, -0.15) is 5.10 Å². The van der Waals surface area contributed by atoms with Gasteiger partial charge in [0.25, 0.3) is 5.91 Å². The van der Waals surface area contributed by atoms with Crippen molar-refractivity contribution >= 4 is 22.6 Å². The van der Waals surface area contributed by atoms with Crippen molar-refractivity contribution in [3.63, 3.8) is 0 Å². The lowest BCUT2D eigenvalue weighted by molar-refractivity contribution is 0.0951. The van der Waals surface area contributed by atoms with E-state index in [9.17, 15) is 4.79 Å². The number of aromatic amines is 2. The van der Waals surface area contributed by atoms with E-state index in [0.29, 0.717) is 17.9 Å². The van der Waals surface area contributed by atoms with Crippen LogP contribution in [0, 0.1) is 0 Å². The number of benzene rings is 1. The Morgan fingerprint density at radius 2 is 2.26 bits per heavy atom. The molecule has 1 aromatic carbocycles. The molecule has 5 N–H and O–H groups in total. The van der Waals surface area contributed by atoms with Gasteiger partial charge in [-0.05, 0) is 24.3 Å². The highest BCUT2D eigenvalue weighted by Crippen LogP contribution is 2.14. The van der Waals surface area contributed by atoms with Gasteiger partial charge in [0.05, 0.1) is 6.20 Å². The van der Waals surface area contributed by atoms with Crippen LogP contribution in [0.2, 0.25) is 0 Å². The largest absolute Gasteiger partial charge is 0.384 e. The van der Waals surface area contributed by atoms with Gasteiger partial charge in [0.2, 0.25) is 0 Å². The van der Waals surface area contributed by atoms with Crippen molar-refractivity contribution in [3.05, 3.63) is 47.8 Å². The van der Waals surface area contributed by atoms with Gasteiger partial charge in [0.1, 0.15) is 5.82 Å². The SMILES string of the molecule is Nc1[nH]ncc1CNC(=O)c1ccc2[nH]ccc2c1. The van der Waals surface area contributed by atoms with E-state index in [1.54, 1.807) is 12.3 Å². The van der Waals surface area contributed by atoms with Crippen LogP contribution in [0.5, 0.6) is 0 Å². The van der Waals surface area contributed by atoms with E-state index >= 15 is 0 Å². The summed E-state index contributed by atoms with van der Waals surface area (Å²) < 4.78 is 0. The molecule has 6 nitrogen and oxygen atoms in total. The number of nitrogens with one attached hydrogen (secondary N) is 3. The molecule has 0 spiro atoms. The molecular weight excluding hydrogens is 242 g/mol. The van der Waals surface area contributed by atoms with Crippen molar-refractivity contribution in [1.29, 1.82) is 0 Å². The van der Waals surface area contributed by atoms with Gasteiger partial charge in [0, 0.05) is 34.8 Å². The summed E-state index contributed by atoms with van der Waals surface area (Å²) in [6, 6.07) is 7.45. The number of carbonyl (C=O) groups excluding carboxylic acids is 1. The number of anilines is 1. The summed E-state index contributed by atoms with van der Waals surface area (Å²) in [4.78, 5) is 15.1. The van der Waals surface area contributed by atoms with E-state index in [1.807, 2.05) is 24.4 Å². The topological polar surface area (TPSA) is 99.6 Å². The maximum absolute atomic E-state index is 12.0. The Morgan fingerprint density at radius 3 is 3.05 bits per heavy atom. The summed E-state index contributed by atoms with van der Waals surface area (Å²) in [6.45, 7) is 0.354. The minimum Gasteiger partial charge on any atom is -0.384 e. The standard InChI is InChI=1S/C13H13N5O/c14-12-10(7-17-18-12)6-16-13(19)9-1-2-11-8(5-9)3-4-15-11/h1-5,7,15H,6H2,(H,16,19)(H3,14,17,18). The van der Waals surface area contributed by atoms with E-state index in [0.717, 1.165) is 16.5 Å². The molecule has 96 valence electrons. The molecule has 0 aliphatic heterocycles. The van der Waals surface area contributed by atoms with Gasteiger partial charge >= 0.3 is 0 Å². The van der Waals surface area contributed by atoms with E-state index in [2.05, 4.69) is 20.5 Å². The average molecular weight is 255 g/mol. The second kappa shape index (κ2) is 4.49. The average Bonchev–Trinajstić information content (AvgIpc) is 3.03. The number of rotatable bonds is 3. The Kier molecular flexibility index (Phi) is 2.68. The number of hydrogen-bond donors (Lipinski definition) is 4. The van der Waals surface area contributed by atoms with Crippen molar-refractivity contribution in [2.24, 2.45) is 0 Å². The molecule has 1 amide bonds. The van der Waals surface area contributed by atoms with E-state index in [1.165, 1.54) is 0 Å². The molecule has 0 unspecified atom stereocenters. The fourth-order valence-electron chi connectivity index (χ4n) is 1.93. The Labute approximate surface area is 109 Å². The molecule has 6 heteroatoms. The molecule has 0 atom stereocenters. The molecule has 0 radical (unpaired) electrons. The van der Waals surface area contributed by atoms with E-state index in [4.69, 9.17) is 5.73 Å². The van der Waals surface area contributed by atoms with Crippen molar-refractivity contribution in [2.45, 2.75) is 6.54 Å². The van der Waals surface area contributed by atoms with Crippen LogP contribution in [0.4, 0.5) is 5.82 Å². The maximum Gasteiger partial charge on any atom is 0.251 e. The molecule has 0 aliphatic carbocycles. The molecule has 0 saturated heterocycles. The first-order valence-corrected chi connectivity index (χ1v) is 5.87. The number of carbonyl (C=O) groups is 1. The van der Waals surface area contributed by atoms with Crippen LogP contribution in [0.1, 0.15) is 15.9 Å². The second-order valence-corrected chi connectivity index (χ2v) is 4.27. The Bertz CT molecular complexity index is 727. The molecule has 0 saturated carbocycles. The molecule has 2 heterocycles. The van der Waals surface area contributed by atoms with Gasteiger partial charge in [-0.1, -0.05) is 0 Å². The summed E-state index contributed by atoms with van der Waals surface area (Å²) in [5, 5.41) is 10.2. The molecule has 3 rings (SSSR count). The third kappa shape index (κ3) is 2.15. The maximum atomic E-state index is 12.0. The highest BCUT2D eigenvalue weighted by molar-refractivity contribution is 5.98. The number of hydrogen-bond acceptors (Lipinski definition) is 3. The third-order valence-corrected chi connectivity index (χ3v) is 3.01. The lowest BCUT2D eigenvalue weighted by Crippen LogP contribution is -2.22. The molecule has 19 heavy (non-hydrogen) atoms. The zero-order valence-electron chi connectivity index (χ0n) is 10.1. The predicted octanol–water partition coefficient (Wildman–Crippen LogP) is 1.40. The van der Waals surface area contributed by atoms with Gasteiger partial charge < -0.3 is 16.0 Å². The van der Waals surface area contributed by atoms with Gasteiger partial charge in [-0.3, -0.25) is 9.89 Å². The van der Waals surface area contributed by atoms with Gasteiger partial charge in [-0.25, -0.2) is 0 Å². The molecule has 0 fully saturated rings. The quantitative estimate of drug-likeness (QED) is 0.569. The normalized spacial score (nSPS) is 10.7. The first-order chi connectivity index (χ1) is 9.24. The number of aromatic nitrogens is 3. The third-order valence-electron chi connectivity index (χ3n) is 3.01. The molecule has 3 aromatic rings. The summed E-state index contributed by atoms with van der Waals surface area (Å²) in [7, 11) is 0. The monoisotopic (exact) mass is 255 g/mol. The first kappa shape index (κ1) is 11.3. The van der Waals surface area contributed by atoms with Crippen LogP contribution in [-0.4, -0.2) is 21.1 Å². The molecule has 0 bridgehead atoms. The van der Waals surface area contributed by atoms with Gasteiger partial charge in [0.15, 0.2) is 0 Å². The second-order valence-electron chi connectivity index (χ2n) is 4.27. The highest BCUT2D eigenvalue weighted by atomic mass is 16.1. The van der Waals surface area contributed by atoms with E-state index in [-0.39, 0.29) is 5.91 Å². The summed E-state index contributed by atoms with van der Waals surface area (Å²) in [5.41, 5.74) is 8.06. The van der Waals surface area contributed by atoms with Crippen LogP contribution >= 0.6 is 0 Å². The zero-order valence-corrected chi connectivity index (χ0v) is 10.1. The number of fused-ring (bicyclic) bond motifs is 1. The van der Waals surface area contributed by atoms with Crippen LogP contribution in [0.25, 0.3) is 10.9 Å². The zero-order chi connectivity index (χ0) is 13.2. The number of amides is 1. The van der Waals surface area contributed by atoms with Crippen molar-refractivity contribution in [3.8, 4) is 0 Å². The number of nitrogens with zero attached hydrogens (tertiary/aromatic N) is 1. The summed E-state index contributed by atoms with van der Waals surface area (Å²) >= 11 is 0. The van der Waals surface area contributed by atoms with E-state index < -0.39 is 0 Å². The lowest BCUT2D eigenvalue weighted by atomic mass is 10.1. The Balaban J connectivity index is 1.74. The lowest BCUT2D eigenvalue weighted by Gasteiger charge is -2.04. The summed E-state index contributed by atoms with van der Waals surface area (Å²) in [6.07, 6.45) is 3.45. The Hall–Kier alpha value is -2.76. The Morgan fingerprint density at radius 1 is 1.37 bits per heavy atom. The minimum absolute atomic E-state index is 0.135.